The predicted molar refractivity (Wildman–Crippen MR) is 66.7 cm³/mol. The Balaban J connectivity index is 2.61. The normalized spacial score (nSPS) is 13.3. The molecule has 0 fully saturated rings. The minimum atomic E-state index is -0.0678. The molecule has 16 heavy (non-hydrogen) atoms. The van der Waals surface area contributed by atoms with E-state index in [1.807, 2.05) is 4.57 Å². The number of nitrogens with zero attached hydrogens (tertiary/aromatic N) is 2. The Kier molecular flexibility index (Phi) is 5.15. The topological polar surface area (TPSA) is 53.8 Å². The van der Waals surface area contributed by atoms with Crippen LogP contribution in [0.3, 0.4) is 0 Å². The number of hydrogen-bond donors (Lipinski definition) is 2. The lowest BCUT2D eigenvalue weighted by atomic mass is 10.0. The highest BCUT2D eigenvalue weighted by Crippen LogP contribution is 2.18. The van der Waals surface area contributed by atoms with E-state index in [0.29, 0.717) is 16.6 Å². The van der Waals surface area contributed by atoms with E-state index < -0.39 is 0 Å². The maximum Gasteiger partial charge on any atom is 0.195 e. The van der Waals surface area contributed by atoms with Gasteiger partial charge in [-0.2, -0.15) is 5.10 Å². The van der Waals surface area contributed by atoms with E-state index >= 15 is 0 Å². The highest BCUT2D eigenvalue weighted by Gasteiger charge is 2.11. The molecule has 4 nitrogen and oxygen atoms in total. The maximum atomic E-state index is 9.14. The molecule has 1 aromatic heterocycles. The number of aliphatic hydroxyl groups is 1. The van der Waals surface area contributed by atoms with E-state index in [1.165, 1.54) is 12.8 Å². The molecule has 2 N–H and O–H groups in total. The van der Waals surface area contributed by atoms with Crippen LogP contribution in [-0.2, 0) is 6.61 Å². The molecule has 0 amide bonds. The number of aliphatic hydroxyl groups excluding tert-OH is 1. The Labute approximate surface area is 102 Å². The third kappa shape index (κ3) is 3.42. The lowest BCUT2D eigenvalue weighted by Crippen LogP contribution is -2.10. The molecule has 1 heterocycles. The summed E-state index contributed by atoms with van der Waals surface area (Å²) in [5.74, 6) is 1.36. The molecular weight excluding hydrogens is 222 g/mol. The number of rotatable bonds is 6. The summed E-state index contributed by atoms with van der Waals surface area (Å²) >= 11 is 5.15. The summed E-state index contributed by atoms with van der Waals surface area (Å²) in [4.78, 5) is 0. The van der Waals surface area contributed by atoms with Gasteiger partial charge >= 0.3 is 0 Å². The van der Waals surface area contributed by atoms with Crippen molar-refractivity contribution in [3.8, 4) is 0 Å². The molecule has 1 unspecified atom stereocenters. The summed E-state index contributed by atoms with van der Waals surface area (Å²) in [7, 11) is 0. The van der Waals surface area contributed by atoms with Crippen LogP contribution >= 0.6 is 12.2 Å². The molecule has 1 rings (SSSR count). The fourth-order valence-electron chi connectivity index (χ4n) is 1.85. The minimum absolute atomic E-state index is 0.0678. The summed E-state index contributed by atoms with van der Waals surface area (Å²) in [6.45, 7) is 6.51. The van der Waals surface area contributed by atoms with Crippen LogP contribution in [0.4, 0.5) is 0 Å². The van der Waals surface area contributed by atoms with Gasteiger partial charge in [-0.05, 0) is 31.5 Å². The van der Waals surface area contributed by atoms with Gasteiger partial charge in [-0.1, -0.05) is 26.7 Å². The number of nitrogens with one attached hydrogen (secondary N) is 1. The number of aromatic amines is 1. The molecule has 0 spiro atoms. The minimum Gasteiger partial charge on any atom is -0.388 e. The van der Waals surface area contributed by atoms with Crippen molar-refractivity contribution in [2.24, 2.45) is 5.92 Å². The lowest BCUT2D eigenvalue weighted by molar-refractivity contribution is 0.259. The van der Waals surface area contributed by atoms with Crippen LogP contribution in [0.1, 0.15) is 51.9 Å². The van der Waals surface area contributed by atoms with E-state index in [1.54, 1.807) is 0 Å². The highest BCUT2D eigenvalue weighted by molar-refractivity contribution is 7.71. The summed E-state index contributed by atoms with van der Waals surface area (Å²) in [6, 6.07) is 0.298. The van der Waals surface area contributed by atoms with Crippen molar-refractivity contribution < 1.29 is 5.11 Å². The van der Waals surface area contributed by atoms with Crippen LogP contribution in [-0.4, -0.2) is 19.9 Å². The molecule has 5 heteroatoms. The van der Waals surface area contributed by atoms with Gasteiger partial charge in [-0.3, -0.25) is 9.67 Å². The quantitative estimate of drug-likeness (QED) is 0.755. The Morgan fingerprint density at radius 2 is 2.06 bits per heavy atom. The van der Waals surface area contributed by atoms with E-state index in [2.05, 4.69) is 31.0 Å². The third-order valence-corrected chi connectivity index (χ3v) is 3.05. The van der Waals surface area contributed by atoms with Crippen LogP contribution in [0.25, 0.3) is 0 Å². The standard InChI is InChI=1S/C11H21N3OS/c1-8(2)5-4-6-9(3)14-10(7-15)12-13-11(14)16/h8-9,15H,4-7H2,1-3H3,(H,13,16). The molecule has 0 aliphatic heterocycles. The summed E-state index contributed by atoms with van der Waals surface area (Å²) < 4.78 is 2.51. The Morgan fingerprint density at radius 3 is 2.62 bits per heavy atom. The first-order chi connectivity index (χ1) is 7.56. The largest absolute Gasteiger partial charge is 0.388 e. The molecule has 0 radical (unpaired) electrons. The molecule has 0 saturated carbocycles. The van der Waals surface area contributed by atoms with Crippen molar-refractivity contribution in [3.63, 3.8) is 0 Å². The molecule has 0 aliphatic rings. The average molecular weight is 243 g/mol. The van der Waals surface area contributed by atoms with Gasteiger partial charge in [0.25, 0.3) is 0 Å². The zero-order chi connectivity index (χ0) is 12.1. The fraction of sp³-hybridized carbons (Fsp3) is 0.818. The SMILES string of the molecule is CC(C)CCCC(C)n1c(CO)n[nH]c1=S. The smallest absolute Gasteiger partial charge is 0.195 e. The first-order valence-corrected chi connectivity index (χ1v) is 6.23. The van der Waals surface area contributed by atoms with Gasteiger partial charge in [-0.25, -0.2) is 0 Å². The lowest BCUT2D eigenvalue weighted by Gasteiger charge is -2.15. The van der Waals surface area contributed by atoms with Crippen molar-refractivity contribution >= 4 is 12.2 Å². The second-order valence-corrected chi connectivity index (χ2v) is 5.03. The van der Waals surface area contributed by atoms with E-state index in [-0.39, 0.29) is 6.61 Å². The van der Waals surface area contributed by atoms with Gasteiger partial charge in [0.1, 0.15) is 6.61 Å². The Bertz CT molecular complexity index is 370. The highest BCUT2D eigenvalue weighted by atomic mass is 32.1. The van der Waals surface area contributed by atoms with Crippen molar-refractivity contribution in [2.45, 2.75) is 52.7 Å². The average Bonchev–Trinajstić information content (AvgIpc) is 2.58. The zero-order valence-electron chi connectivity index (χ0n) is 10.2. The Hall–Kier alpha value is -0.680. The van der Waals surface area contributed by atoms with Gasteiger partial charge < -0.3 is 5.11 Å². The van der Waals surface area contributed by atoms with Gasteiger partial charge in [0.15, 0.2) is 10.6 Å². The van der Waals surface area contributed by atoms with Crippen LogP contribution in [0.15, 0.2) is 0 Å². The molecule has 1 aromatic rings. The van der Waals surface area contributed by atoms with E-state index in [9.17, 15) is 0 Å². The Morgan fingerprint density at radius 1 is 1.38 bits per heavy atom. The van der Waals surface area contributed by atoms with Gasteiger partial charge in [0.05, 0.1) is 0 Å². The molecule has 1 atom stereocenters. The van der Waals surface area contributed by atoms with Gasteiger partial charge in [-0.15, -0.1) is 0 Å². The van der Waals surface area contributed by atoms with Crippen molar-refractivity contribution in [1.82, 2.24) is 14.8 Å². The van der Waals surface area contributed by atoms with Crippen LogP contribution in [0.5, 0.6) is 0 Å². The number of H-pyrrole nitrogens is 1. The maximum absolute atomic E-state index is 9.14. The molecule has 0 aromatic carbocycles. The van der Waals surface area contributed by atoms with Crippen LogP contribution in [0.2, 0.25) is 0 Å². The molecule has 0 aliphatic carbocycles. The van der Waals surface area contributed by atoms with E-state index in [0.717, 1.165) is 12.3 Å². The second kappa shape index (κ2) is 6.15. The van der Waals surface area contributed by atoms with Crippen LogP contribution < -0.4 is 0 Å². The number of aromatic nitrogens is 3. The van der Waals surface area contributed by atoms with Crippen molar-refractivity contribution in [1.29, 1.82) is 0 Å². The summed E-state index contributed by atoms with van der Waals surface area (Å²) in [6.07, 6.45) is 3.47. The molecule has 92 valence electrons. The fourth-order valence-corrected chi connectivity index (χ4v) is 2.18. The van der Waals surface area contributed by atoms with Crippen molar-refractivity contribution in [3.05, 3.63) is 10.6 Å². The molecular formula is C11H21N3OS. The number of hydrogen-bond acceptors (Lipinski definition) is 3. The monoisotopic (exact) mass is 243 g/mol. The van der Waals surface area contributed by atoms with Crippen molar-refractivity contribution in [2.75, 3.05) is 0 Å². The van der Waals surface area contributed by atoms with Crippen LogP contribution in [0, 0.1) is 10.7 Å². The first-order valence-electron chi connectivity index (χ1n) is 5.83. The zero-order valence-corrected chi connectivity index (χ0v) is 11.0. The summed E-state index contributed by atoms with van der Waals surface area (Å²) in [5.41, 5.74) is 0. The molecule has 0 saturated heterocycles. The summed E-state index contributed by atoms with van der Waals surface area (Å²) in [5, 5.41) is 15.9. The predicted octanol–water partition coefficient (Wildman–Crippen LogP) is 2.82. The van der Waals surface area contributed by atoms with Gasteiger partial charge in [0, 0.05) is 6.04 Å². The third-order valence-electron chi connectivity index (χ3n) is 2.76. The van der Waals surface area contributed by atoms with Gasteiger partial charge in [0.2, 0.25) is 0 Å². The second-order valence-electron chi connectivity index (χ2n) is 4.65. The molecule has 0 bridgehead atoms. The first kappa shape index (κ1) is 13.4. The van der Waals surface area contributed by atoms with E-state index in [4.69, 9.17) is 17.3 Å².